The van der Waals surface area contributed by atoms with Gasteiger partial charge in [-0.1, -0.05) is 23.6 Å². The third-order valence-electron chi connectivity index (χ3n) is 1.55. The van der Waals surface area contributed by atoms with Crippen LogP contribution in [0.25, 0.3) is 0 Å². The van der Waals surface area contributed by atoms with Crippen LogP contribution < -0.4 is 5.32 Å². The van der Waals surface area contributed by atoms with E-state index in [9.17, 15) is 4.79 Å². The van der Waals surface area contributed by atoms with Crippen LogP contribution in [-0.4, -0.2) is 18.2 Å². The molecule has 1 N–H and O–H groups in total. The van der Waals surface area contributed by atoms with E-state index in [1.165, 1.54) is 11.8 Å². The average molecular weight is 240 g/mol. The van der Waals surface area contributed by atoms with Crippen molar-refractivity contribution in [3.8, 4) is 12.3 Å². The van der Waals surface area contributed by atoms with E-state index in [1.54, 1.807) is 6.07 Å². The van der Waals surface area contributed by atoms with Crippen molar-refractivity contribution in [2.24, 2.45) is 0 Å². The molecule has 0 aliphatic carbocycles. The van der Waals surface area contributed by atoms with Gasteiger partial charge in [0.05, 0.1) is 12.3 Å². The Morgan fingerprint density at radius 2 is 2.40 bits per heavy atom. The topological polar surface area (TPSA) is 29.1 Å². The lowest BCUT2D eigenvalue weighted by Crippen LogP contribution is -2.25. The first kappa shape index (κ1) is 12.0. The highest BCUT2D eigenvalue weighted by Gasteiger charge is 2.01. The fourth-order valence-electron chi connectivity index (χ4n) is 0.906. The molecule has 0 bridgehead atoms. The number of carbonyl (C=O) groups is 1. The Bertz CT molecular complexity index is 386. The van der Waals surface area contributed by atoms with Crippen molar-refractivity contribution in [2.75, 3.05) is 12.3 Å². The molecule has 1 rings (SSSR count). The molecule has 1 amide bonds. The van der Waals surface area contributed by atoms with Gasteiger partial charge in [-0.3, -0.25) is 4.79 Å². The van der Waals surface area contributed by atoms with E-state index in [4.69, 9.17) is 18.0 Å². The predicted molar refractivity (Wildman–Crippen MR) is 64.0 cm³/mol. The first-order valence-electron chi connectivity index (χ1n) is 4.31. The van der Waals surface area contributed by atoms with Crippen LogP contribution in [0.1, 0.15) is 0 Å². The van der Waals surface area contributed by atoms with Crippen LogP contribution in [0, 0.1) is 12.3 Å². The lowest BCUT2D eigenvalue weighted by Gasteiger charge is -2.02. The van der Waals surface area contributed by atoms with E-state index >= 15 is 0 Å². The molecule has 78 valence electrons. The lowest BCUT2D eigenvalue weighted by molar-refractivity contribution is -0.118. The Kier molecular flexibility index (Phi) is 5.09. The minimum absolute atomic E-state index is 0.0714. The SMILES string of the molecule is C#CCNC(=O)CSc1cccc(Cl)c1. The normalized spacial score (nSPS) is 9.33. The maximum absolute atomic E-state index is 11.2. The predicted octanol–water partition coefficient (Wildman–Crippen LogP) is 2.18. The standard InChI is InChI=1S/C11H10ClNOS/c1-2-6-13-11(14)8-15-10-5-3-4-9(12)7-10/h1,3-5,7H,6,8H2,(H,13,14). The van der Waals surface area contributed by atoms with Gasteiger partial charge in [0, 0.05) is 9.92 Å². The van der Waals surface area contributed by atoms with Gasteiger partial charge in [-0.2, -0.15) is 0 Å². The number of terminal acetylenes is 1. The van der Waals surface area contributed by atoms with Crippen molar-refractivity contribution < 1.29 is 4.79 Å². The van der Waals surface area contributed by atoms with Gasteiger partial charge in [-0.15, -0.1) is 18.2 Å². The van der Waals surface area contributed by atoms with Crippen LogP contribution in [0.2, 0.25) is 5.02 Å². The van der Waals surface area contributed by atoms with Crippen molar-refractivity contribution in [1.82, 2.24) is 5.32 Å². The Labute approximate surface area is 98.4 Å². The molecule has 0 aliphatic heterocycles. The summed E-state index contributed by atoms with van der Waals surface area (Å²) in [7, 11) is 0. The number of hydrogen-bond donors (Lipinski definition) is 1. The van der Waals surface area contributed by atoms with Crippen LogP contribution in [0.15, 0.2) is 29.2 Å². The van der Waals surface area contributed by atoms with E-state index in [0.717, 1.165) is 4.90 Å². The molecule has 0 saturated heterocycles. The summed E-state index contributed by atoms with van der Waals surface area (Å²) in [5.74, 6) is 2.62. The number of rotatable bonds is 4. The maximum Gasteiger partial charge on any atom is 0.231 e. The molecule has 1 aromatic rings. The lowest BCUT2D eigenvalue weighted by atomic mass is 10.4. The summed E-state index contributed by atoms with van der Waals surface area (Å²) >= 11 is 7.23. The minimum atomic E-state index is -0.0714. The second-order valence-electron chi connectivity index (χ2n) is 2.73. The summed E-state index contributed by atoms with van der Waals surface area (Å²) in [6.45, 7) is 0.273. The van der Waals surface area contributed by atoms with Gasteiger partial charge < -0.3 is 5.32 Å². The molecule has 0 unspecified atom stereocenters. The molecule has 15 heavy (non-hydrogen) atoms. The zero-order valence-electron chi connectivity index (χ0n) is 8.00. The van der Waals surface area contributed by atoms with Gasteiger partial charge in [0.1, 0.15) is 0 Å². The van der Waals surface area contributed by atoms with Gasteiger partial charge in [0.2, 0.25) is 5.91 Å². The first-order chi connectivity index (χ1) is 7.22. The molecule has 0 radical (unpaired) electrons. The zero-order chi connectivity index (χ0) is 11.1. The van der Waals surface area contributed by atoms with Gasteiger partial charge in [0.25, 0.3) is 0 Å². The maximum atomic E-state index is 11.2. The smallest absolute Gasteiger partial charge is 0.231 e. The van der Waals surface area contributed by atoms with Gasteiger partial charge in [0.15, 0.2) is 0 Å². The summed E-state index contributed by atoms with van der Waals surface area (Å²) in [6.07, 6.45) is 5.01. The number of hydrogen-bond acceptors (Lipinski definition) is 2. The number of carbonyl (C=O) groups excluding carboxylic acids is 1. The molecule has 0 atom stereocenters. The molecule has 1 aromatic carbocycles. The highest BCUT2D eigenvalue weighted by atomic mass is 35.5. The second kappa shape index (κ2) is 6.39. The van der Waals surface area contributed by atoms with Crippen molar-refractivity contribution in [2.45, 2.75) is 4.90 Å². The fraction of sp³-hybridized carbons (Fsp3) is 0.182. The third kappa shape index (κ3) is 4.78. The molecular weight excluding hydrogens is 230 g/mol. The van der Waals surface area contributed by atoms with Crippen molar-refractivity contribution in [3.63, 3.8) is 0 Å². The quantitative estimate of drug-likeness (QED) is 0.645. The molecular formula is C11H10ClNOS. The monoisotopic (exact) mass is 239 g/mol. The van der Waals surface area contributed by atoms with Crippen molar-refractivity contribution >= 4 is 29.3 Å². The van der Waals surface area contributed by atoms with E-state index in [0.29, 0.717) is 10.8 Å². The van der Waals surface area contributed by atoms with E-state index in [1.807, 2.05) is 18.2 Å². The molecule has 0 saturated carbocycles. The number of amides is 1. The van der Waals surface area contributed by atoms with Crippen LogP contribution in [0.3, 0.4) is 0 Å². The highest BCUT2D eigenvalue weighted by molar-refractivity contribution is 8.00. The largest absolute Gasteiger partial charge is 0.344 e. The number of thioether (sulfide) groups is 1. The number of halogens is 1. The summed E-state index contributed by atoms with van der Waals surface area (Å²) in [4.78, 5) is 12.2. The number of nitrogens with one attached hydrogen (secondary N) is 1. The van der Waals surface area contributed by atoms with Crippen LogP contribution in [0.4, 0.5) is 0 Å². The molecule has 2 nitrogen and oxygen atoms in total. The molecule has 0 heterocycles. The Hall–Kier alpha value is -1.11. The van der Waals surface area contributed by atoms with Gasteiger partial charge in [-0.25, -0.2) is 0 Å². The average Bonchev–Trinajstić information content (AvgIpc) is 2.23. The molecule has 0 aliphatic rings. The van der Waals surface area contributed by atoms with E-state index < -0.39 is 0 Å². The number of benzene rings is 1. The molecule has 0 spiro atoms. The summed E-state index contributed by atoms with van der Waals surface area (Å²) in [6, 6.07) is 7.37. The fourth-order valence-corrected chi connectivity index (χ4v) is 1.95. The minimum Gasteiger partial charge on any atom is -0.344 e. The first-order valence-corrected chi connectivity index (χ1v) is 5.67. The Morgan fingerprint density at radius 3 is 3.07 bits per heavy atom. The van der Waals surface area contributed by atoms with Crippen LogP contribution >= 0.6 is 23.4 Å². The van der Waals surface area contributed by atoms with Crippen molar-refractivity contribution in [3.05, 3.63) is 29.3 Å². The molecule has 4 heteroatoms. The summed E-state index contributed by atoms with van der Waals surface area (Å²) in [5.41, 5.74) is 0. The van der Waals surface area contributed by atoms with Crippen molar-refractivity contribution in [1.29, 1.82) is 0 Å². The van der Waals surface area contributed by atoms with E-state index in [-0.39, 0.29) is 12.5 Å². The molecule has 0 fully saturated rings. The summed E-state index contributed by atoms with van der Waals surface area (Å²) in [5, 5.41) is 3.26. The van der Waals surface area contributed by atoms with Crippen LogP contribution in [0.5, 0.6) is 0 Å². The Balaban J connectivity index is 2.37. The van der Waals surface area contributed by atoms with Gasteiger partial charge in [-0.05, 0) is 18.2 Å². The zero-order valence-corrected chi connectivity index (χ0v) is 9.57. The molecule has 0 aromatic heterocycles. The third-order valence-corrected chi connectivity index (χ3v) is 2.78. The van der Waals surface area contributed by atoms with Crippen LogP contribution in [-0.2, 0) is 4.79 Å². The second-order valence-corrected chi connectivity index (χ2v) is 4.21. The van der Waals surface area contributed by atoms with E-state index in [2.05, 4.69) is 11.2 Å². The summed E-state index contributed by atoms with van der Waals surface area (Å²) < 4.78 is 0. The van der Waals surface area contributed by atoms with Gasteiger partial charge >= 0.3 is 0 Å². The highest BCUT2D eigenvalue weighted by Crippen LogP contribution is 2.20. The Morgan fingerprint density at radius 1 is 1.60 bits per heavy atom.